The number of carbonyl (C=O) groups excluding carboxylic acids is 1. The van der Waals surface area contributed by atoms with Crippen LogP contribution in [0.1, 0.15) is 20.3 Å². The zero-order valence-electron chi connectivity index (χ0n) is 10.5. The number of sulfone groups is 1. The number of hydrogen-bond donors (Lipinski definition) is 0. The lowest BCUT2D eigenvalue weighted by atomic mass is 10.3. The van der Waals surface area contributed by atoms with Crippen LogP contribution in [0.15, 0.2) is 23.1 Å². The third-order valence-corrected chi connectivity index (χ3v) is 4.71. The van der Waals surface area contributed by atoms with Gasteiger partial charge in [0, 0.05) is 6.07 Å². The van der Waals surface area contributed by atoms with E-state index in [1.165, 1.54) is 13.8 Å². The number of hydrogen-bond acceptors (Lipinski definition) is 4. The second-order valence-electron chi connectivity index (χ2n) is 3.77. The van der Waals surface area contributed by atoms with Crippen molar-refractivity contribution >= 4 is 15.8 Å². The maximum atomic E-state index is 13.5. The molecule has 1 unspecified atom stereocenters. The van der Waals surface area contributed by atoms with Crippen molar-refractivity contribution in [2.75, 3.05) is 6.61 Å². The number of rotatable bonds is 5. The molecule has 0 N–H and O–H groups in total. The topological polar surface area (TPSA) is 60.4 Å². The van der Waals surface area contributed by atoms with E-state index in [1.54, 1.807) is 0 Å². The molecule has 0 bridgehead atoms. The molecule has 1 aromatic rings. The summed E-state index contributed by atoms with van der Waals surface area (Å²) in [5.74, 6) is -3.04. The summed E-state index contributed by atoms with van der Waals surface area (Å²) in [4.78, 5) is 10.9. The summed E-state index contributed by atoms with van der Waals surface area (Å²) >= 11 is 0. The number of halogens is 2. The molecule has 0 amide bonds. The quantitative estimate of drug-likeness (QED) is 0.616. The minimum atomic E-state index is -4.24. The van der Waals surface area contributed by atoms with Gasteiger partial charge in [-0.25, -0.2) is 17.2 Å². The molecule has 0 saturated carbocycles. The predicted octanol–water partition coefficient (Wildman–Crippen LogP) is 2.08. The Morgan fingerprint density at radius 1 is 1.32 bits per heavy atom. The third kappa shape index (κ3) is 3.28. The van der Waals surface area contributed by atoms with Crippen molar-refractivity contribution in [3.63, 3.8) is 0 Å². The molecule has 0 heterocycles. The van der Waals surface area contributed by atoms with Gasteiger partial charge in [0.25, 0.3) is 0 Å². The smallest absolute Gasteiger partial charge is 0.324 e. The van der Waals surface area contributed by atoms with Gasteiger partial charge >= 0.3 is 5.97 Å². The zero-order valence-corrected chi connectivity index (χ0v) is 11.3. The van der Waals surface area contributed by atoms with E-state index >= 15 is 0 Å². The maximum Gasteiger partial charge on any atom is 0.324 e. The van der Waals surface area contributed by atoms with E-state index in [0.717, 1.165) is 12.1 Å². The number of esters is 1. The highest BCUT2D eigenvalue weighted by atomic mass is 32.2. The molecule has 19 heavy (non-hydrogen) atoms. The average molecular weight is 292 g/mol. The molecule has 0 aliphatic carbocycles. The van der Waals surface area contributed by atoms with Crippen molar-refractivity contribution in [3.05, 3.63) is 29.8 Å². The van der Waals surface area contributed by atoms with Gasteiger partial charge in [0.05, 0.1) is 6.61 Å². The Morgan fingerprint density at radius 3 is 2.42 bits per heavy atom. The van der Waals surface area contributed by atoms with Crippen molar-refractivity contribution in [2.45, 2.75) is 30.4 Å². The van der Waals surface area contributed by atoms with Crippen LogP contribution in [0.5, 0.6) is 0 Å². The van der Waals surface area contributed by atoms with Gasteiger partial charge in [-0.2, -0.15) is 0 Å². The van der Waals surface area contributed by atoms with Crippen LogP contribution >= 0.6 is 0 Å². The Labute approximate surface area is 110 Å². The number of ether oxygens (including phenoxy) is 1. The van der Waals surface area contributed by atoms with Gasteiger partial charge in [-0.05, 0) is 25.5 Å². The van der Waals surface area contributed by atoms with E-state index in [4.69, 9.17) is 0 Å². The highest BCUT2D eigenvalue weighted by Crippen LogP contribution is 2.23. The minimum absolute atomic E-state index is 0.0246. The van der Waals surface area contributed by atoms with Crippen molar-refractivity contribution in [2.24, 2.45) is 0 Å². The standard InChI is InChI=1S/C12H14F2O4S/c1-3-10(12(15)18-4-2)19(16,17)11-6-5-8(13)7-9(11)14/h5-7,10H,3-4H2,1-2H3. The molecule has 7 heteroatoms. The fraction of sp³-hybridized carbons (Fsp3) is 0.417. The van der Waals surface area contributed by atoms with Crippen LogP contribution in [0, 0.1) is 11.6 Å². The van der Waals surface area contributed by atoms with Gasteiger partial charge < -0.3 is 4.74 Å². The second-order valence-corrected chi connectivity index (χ2v) is 5.87. The molecule has 1 rings (SSSR count). The maximum absolute atomic E-state index is 13.5. The lowest BCUT2D eigenvalue weighted by Gasteiger charge is -2.15. The predicted molar refractivity (Wildman–Crippen MR) is 64.3 cm³/mol. The van der Waals surface area contributed by atoms with Gasteiger partial charge in [-0.1, -0.05) is 6.92 Å². The van der Waals surface area contributed by atoms with E-state index < -0.39 is 37.6 Å². The summed E-state index contributed by atoms with van der Waals surface area (Å²) in [6.07, 6.45) is -0.0576. The Balaban J connectivity index is 3.24. The molecular formula is C12H14F2O4S. The molecule has 0 radical (unpaired) electrons. The molecule has 1 aromatic carbocycles. The molecule has 0 aliphatic rings. The van der Waals surface area contributed by atoms with Crippen molar-refractivity contribution in [1.82, 2.24) is 0 Å². The van der Waals surface area contributed by atoms with Crippen molar-refractivity contribution < 1.29 is 26.7 Å². The van der Waals surface area contributed by atoms with Crippen LogP contribution in [-0.4, -0.2) is 26.2 Å². The lowest BCUT2D eigenvalue weighted by Crippen LogP contribution is -2.32. The molecule has 0 aromatic heterocycles. The van der Waals surface area contributed by atoms with Crippen LogP contribution in [-0.2, 0) is 19.4 Å². The van der Waals surface area contributed by atoms with Gasteiger partial charge in [0.15, 0.2) is 15.1 Å². The highest BCUT2D eigenvalue weighted by molar-refractivity contribution is 7.92. The Bertz CT molecular complexity index is 569. The lowest BCUT2D eigenvalue weighted by molar-refractivity contribution is -0.142. The van der Waals surface area contributed by atoms with Gasteiger partial charge in [-0.15, -0.1) is 0 Å². The highest BCUT2D eigenvalue weighted by Gasteiger charge is 2.35. The number of carbonyl (C=O) groups is 1. The minimum Gasteiger partial charge on any atom is -0.465 e. The van der Waals surface area contributed by atoms with Gasteiger partial charge in [0.2, 0.25) is 0 Å². The first-order chi connectivity index (χ1) is 8.84. The van der Waals surface area contributed by atoms with E-state index in [1.807, 2.05) is 0 Å². The summed E-state index contributed by atoms with van der Waals surface area (Å²) in [7, 11) is -4.24. The molecule has 0 aliphatic heterocycles. The summed E-state index contributed by atoms with van der Waals surface area (Å²) in [5.41, 5.74) is 0. The normalized spacial score (nSPS) is 13.1. The third-order valence-electron chi connectivity index (χ3n) is 2.50. The van der Waals surface area contributed by atoms with Crippen LogP contribution in [0.2, 0.25) is 0 Å². The van der Waals surface area contributed by atoms with E-state index in [2.05, 4.69) is 4.74 Å². The summed E-state index contributed by atoms with van der Waals surface area (Å²) in [6.45, 7) is 3.03. The SMILES string of the molecule is CCOC(=O)C(CC)S(=O)(=O)c1ccc(F)cc1F. The van der Waals surface area contributed by atoms with Gasteiger partial charge in [0.1, 0.15) is 16.5 Å². The number of benzene rings is 1. The van der Waals surface area contributed by atoms with E-state index in [-0.39, 0.29) is 13.0 Å². The first kappa shape index (κ1) is 15.6. The molecule has 0 fully saturated rings. The molecule has 106 valence electrons. The van der Waals surface area contributed by atoms with Gasteiger partial charge in [-0.3, -0.25) is 4.79 Å². The zero-order chi connectivity index (χ0) is 14.6. The summed E-state index contributed by atoms with van der Waals surface area (Å²) in [5, 5.41) is -1.49. The molecule has 4 nitrogen and oxygen atoms in total. The molecular weight excluding hydrogens is 278 g/mol. The van der Waals surface area contributed by atoms with Crippen LogP contribution < -0.4 is 0 Å². The van der Waals surface area contributed by atoms with Crippen LogP contribution in [0.4, 0.5) is 8.78 Å². The largest absolute Gasteiger partial charge is 0.465 e. The summed E-state index contributed by atoms with van der Waals surface area (Å²) < 4.78 is 55.2. The van der Waals surface area contributed by atoms with Crippen molar-refractivity contribution in [1.29, 1.82) is 0 Å². The second kappa shape index (κ2) is 6.10. The van der Waals surface area contributed by atoms with Crippen molar-refractivity contribution in [3.8, 4) is 0 Å². The first-order valence-corrected chi connectivity index (χ1v) is 7.24. The fourth-order valence-corrected chi connectivity index (χ4v) is 3.26. The van der Waals surface area contributed by atoms with E-state index in [9.17, 15) is 22.0 Å². The Kier molecular flexibility index (Phi) is 4.99. The van der Waals surface area contributed by atoms with E-state index in [0.29, 0.717) is 6.07 Å². The fourth-order valence-electron chi connectivity index (χ4n) is 1.61. The average Bonchev–Trinajstić information content (AvgIpc) is 2.28. The Hall–Kier alpha value is -1.50. The Morgan fingerprint density at radius 2 is 1.95 bits per heavy atom. The monoisotopic (exact) mass is 292 g/mol. The van der Waals surface area contributed by atoms with Crippen LogP contribution in [0.25, 0.3) is 0 Å². The molecule has 1 atom stereocenters. The molecule has 0 spiro atoms. The van der Waals surface area contributed by atoms with Crippen LogP contribution in [0.3, 0.4) is 0 Å². The first-order valence-electron chi connectivity index (χ1n) is 5.70. The molecule has 0 saturated heterocycles. The summed E-state index contributed by atoms with van der Waals surface area (Å²) in [6, 6.07) is 2.10.